The lowest BCUT2D eigenvalue weighted by Crippen LogP contribution is -2.34. The molecule has 1 fully saturated rings. The Bertz CT molecular complexity index is 344. The summed E-state index contributed by atoms with van der Waals surface area (Å²) in [5, 5.41) is 3.15. The Morgan fingerprint density at radius 3 is 2.69 bits per heavy atom. The SMILES string of the molecule is FC(F)(F)c1ccc([C@H]2COCCN2)cn1. The summed E-state index contributed by atoms with van der Waals surface area (Å²) < 4.78 is 42.0. The summed E-state index contributed by atoms with van der Waals surface area (Å²) in [5.74, 6) is 0. The van der Waals surface area contributed by atoms with Crippen molar-refractivity contribution >= 4 is 0 Å². The molecule has 1 aromatic heterocycles. The van der Waals surface area contributed by atoms with E-state index in [-0.39, 0.29) is 6.04 Å². The quantitative estimate of drug-likeness (QED) is 0.801. The molecule has 0 unspecified atom stereocenters. The third-order valence-corrected chi connectivity index (χ3v) is 2.40. The molecule has 88 valence electrons. The van der Waals surface area contributed by atoms with Crippen molar-refractivity contribution in [1.82, 2.24) is 10.3 Å². The summed E-state index contributed by atoms with van der Waals surface area (Å²) in [7, 11) is 0. The Morgan fingerprint density at radius 2 is 2.19 bits per heavy atom. The first-order valence-electron chi connectivity index (χ1n) is 4.91. The van der Waals surface area contributed by atoms with E-state index in [0.29, 0.717) is 25.3 Å². The van der Waals surface area contributed by atoms with Crippen molar-refractivity contribution in [3.05, 3.63) is 29.6 Å². The number of aromatic nitrogens is 1. The van der Waals surface area contributed by atoms with Gasteiger partial charge in [-0.25, -0.2) is 0 Å². The van der Waals surface area contributed by atoms with Crippen LogP contribution in [0.15, 0.2) is 18.3 Å². The molecule has 1 N–H and O–H groups in total. The van der Waals surface area contributed by atoms with Crippen LogP contribution in [0.1, 0.15) is 17.3 Å². The van der Waals surface area contributed by atoms with E-state index < -0.39 is 11.9 Å². The normalized spacial score (nSPS) is 22.1. The van der Waals surface area contributed by atoms with Gasteiger partial charge in [-0.05, 0) is 11.6 Å². The number of halogens is 3. The average molecular weight is 232 g/mol. The molecule has 6 heteroatoms. The zero-order valence-corrected chi connectivity index (χ0v) is 8.42. The summed E-state index contributed by atoms with van der Waals surface area (Å²) in [6.45, 7) is 1.79. The zero-order valence-electron chi connectivity index (χ0n) is 8.42. The van der Waals surface area contributed by atoms with E-state index in [1.165, 1.54) is 12.3 Å². The number of hydrogen-bond acceptors (Lipinski definition) is 3. The Labute approximate surface area is 90.6 Å². The van der Waals surface area contributed by atoms with Gasteiger partial charge in [0.2, 0.25) is 0 Å². The van der Waals surface area contributed by atoms with Crippen LogP contribution in [0.2, 0.25) is 0 Å². The molecule has 1 atom stereocenters. The van der Waals surface area contributed by atoms with E-state index in [0.717, 1.165) is 6.07 Å². The predicted molar refractivity (Wildman–Crippen MR) is 50.8 cm³/mol. The molecular weight excluding hydrogens is 221 g/mol. The first kappa shape index (κ1) is 11.3. The van der Waals surface area contributed by atoms with Crippen molar-refractivity contribution in [2.24, 2.45) is 0 Å². The van der Waals surface area contributed by atoms with Gasteiger partial charge in [0.15, 0.2) is 0 Å². The highest BCUT2D eigenvalue weighted by molar-refractivity contribution is 5.19. The summed E-state index contributed by atoms with van der Waals surface area (Å²) in [6.07, 6.45) is -3.13. The molecule has 2 heterocycles. The molecule has 0 bridgehead atoms. The molecule has 0 spiro atoms. The van der Waals surface area contributed by atoms with Crippen LogP contribution < -0.4 is 5.32 Å². The summed E-state index contributed by atoms with van der Waals surface area (Å²) in [6, 6.07) is 2.36. The molecule has 16 heavy (non-hydrogen) atoms. The zero-order chi connectivity index (χ0) is 11.6. The molecule has 0 saturated carbocycles. The van der Waals surface area contributed by atoms with Crippen molar-refractivity contribution in [1.29, 1.82) is 0 Å². The van der Waals surface area contributed by atoms with E-state index in [1.807, 2.05) is 0 Å². The van der Waals surface area contributed by atoms with Crippen LogP contribution in [0.3, 0.4) is 0 Å². The summed E-state index contributed by atoms with van der Waals surface area (Å²) in [4.78, 5) is 3.40. The van der Waals surface area contributed by atoms with Gasteiger partial charge in [0, 0.05) is 12.7 Å². The van der Waals surface area contributed by atoms with E-state index in [1.54, 1.807) is 0 Å². The van der Waals surface area contributed by atoms with Crippen LogP contribution in [0.25, 0.3) is 0 Å². The minimum absolute atomic E-state index is 0.0662. The van der Waals surface area contributed by atoms with Gasteiger partial charge in [-0.15, -0.1) is 0 Å². The molecule has 1 saturated heterocycles. The Balaban J connectivity index is 2.12. The van der Waals surface area contributed by atoms with Crippen LogP contribution in [-0.2, 0) is 10.9 Å². The molecule has 2 rings (SSSR count). The minimum Gasteiger partial charge on any atom is -0.378 e. The lowest BCUT2D eigenvalue weighted by atomic mass is 10.1. The van der Waals surface area contributed by atoms with Gasteiger partial charge >= 0.3 is 6.18 Å². The van der Waals surface area contributed by atoms with Crippen molar-refractivity contribution in [3.8, 4) is 0 Å². The molecule has 0 aliphatic carbocycles. The van der Waals surface area contributed by atoms with E-state index >= 15 is 0 Å². The third kappa shape index (κ3) is 2.51. The fraction of sp³-hybridized carbons (Fsp3) is 0.500. The van der Waals surface area contributed by atoms with Crippen LogP contribution in [-0.4, -0.2) is 24.7 Å². The first-order valence-corrected chi connectivity index (χ1v) is 4.91. The summed E-state index contributed by atoms with van der Waals surface area (Å²) in [5.41, 5.74) is -0.152. The Hall–Kier alpha value is -1.14. The van der Waals surface area contributed by atoms with E-state index in [2.05, 4.69) is 10.3 Å². The van der Waals surface area contributed by atoms with E-state index in [4.69, 9.17) is 4.74 Å². The topological polar surface area (TPSA) is 34.1 Å². The van der Waals surface area contributed by atoms with Gasteiger partial charge in [0.25, 0.3) is 0 Å². The van der Waals surface area contributed by atoms with Crippen molar-refractivity contribution in [3.63, 3.8) is 0 Å². The van der Waals surface area contributed by atoms with Crippen LogP contribution >= 0.6 is 0 Å². The molecular formula is C10H11F3N2O. The minimum atomic E-state index is -4.38. The van der Waals surface area contributed by atoms with Gasteiger partial charge in [0.05, 0.1) is 19.3 Å². The largest absolute Gasteiger partial charge is 0.433 e. The number of nitrogens with one attached hydrogen (secondary N) is 1. The molecule has 3 nitrogen and oxygen atoms in total. The fourth-order valence-corrected chi connectivity index (χ4v) is 1.56. The third-order valence-electron chi connectivity index (χ3n) is 2.40. The standard InChI is InChI=1S/C10H11F3N2O/c11-10(12,13)9-2-1-7(5-15-9)8-6-16-4-3-14-8/h1-2,5,8,14H,3-4,6H2/t8-/m1/s1. The second-order valence-electron chi connectivity index (χ2n) is 3.56. The smallest absolute Gasteiger partial charge is 0.378 e. The number of rotatable bonds is 1. The molecule has 0 aromatic carbocycles. The highest BCUT2D eigenvalue weighted by atomic mass is 19.4. The average Bonchev–Trinajstić information content (AvgIpc) is 2.29. The van der Waals surface area contributed by atoms with Crippen LogP contribution in [0.4, 0.5) is 13.2 Å². The molecule has 1 aliphatic rings. The second kappa shape index (κ2) is 4.39. The van der Waals surface area contributed by atoms with Gasteiger partial charge in [-0.3, -0.25) is 4.98 Å². The fourth-order valence-electron chi connectivity index (χ4n) is 1.56. The lowest BCUT2D eigenvalue weighted by molar-refractivity contribution is -0.141. The second-order valence-corrected chi connectivity index (χ2v) is 3.56. The Morgan fingerprint density at radius 1 is 1.38 bits per heavy atom. The highest BCUT2D eigenvalue weighted by Gasteiger charge is 2.32. The summed E-state index contributed by atoms with van der Waals surface area (Å²) >= 11 is 0. The number of ether oxygens (including phenoxy) is 1. The van der Waals surface area contributed by atoms with Crippen molar-refractivity contribution < 1.29 is 17.9 Å². The first-order chi connectivity index (χ1) is 7.57. The maximum absolute atomic E-state index is 12.3. The maximum atomic E-state index is 12.3. The molecule has 0 amide bonds. The number of morpholine rings is 1. The van der Waals surface area contributed by atoms with Gasteiger partial charge in [0.1, 0.15) is 5.69 Å². The maximum Gasteiger partial charge on any atom is 0.433 e. The lowest BCUT2D eigenvalue weighted by Gasteiger charge is -2.24. The van der Waals surface area contributed by atoms with Crippen molar-refractivity contribution in [2.45, 2.75) is 12.2 Å². The van der Waals surface area contributed by atoms with E-state index in [9.17, 15) is 13.2 Å². The van der Waals surface area contributed by atoms with Crippen LogP contribution in [0.5, 0.6) is 0 Å². The van der Waals surface area contributed by atoms with Crippen LogP contribution in [0, 0.1) is 0 Å². The van der Waals surface area contributed by atoms with Gasteiger partial charge in [-0.1, -0.05) is 6.07 Å². The number of hydrogen-bond donors (Lipinski definition) is 1. The monoisotopic (exact) mass is 232 g/mol. The number of pyridine rings is 1. The highest BCUT2D eigenvalue weighted by Crippen LogP contribution is 2.28. The molecule has 1 aromatic rings. The molecule has 1 aliphatic heterocycles. The van der Waals surface area contributed by atoms with Gasteiger partial charge < -0.3 is 10.1 Å². The van der Waals surface area contributed by atoms with Gasteiger partial charge in [-0.2, -0.15) is 13.2 Å². The number of nitrogens with zero attached hydrogens (tertiary/aromatic N) is 1. The predicted octanol–water partition coefficient (Wildman–Crippen LogP) is 1.76. The Kier molecular flexibility index (Phi) is 3.11. The molecule has 0 radical (unpaired) electrons. The number of alkyl halides is 3. The van der Waals surface area contributed by atoms with Crippen molar-refractivity contribution in [2.75, 3.05) is 19.8 Å².